The molecule has 0 bridgehead atoms. The fourth-order valence-corrected chi connectivity index (χ4v) is 3.29. The third-order valence-corrected chi connectivity index (χ3v) is 4.44. The lowest BCUT2D eigenvalue weighted by atomic mass is 9.81. The number of rotatable bonds is 1. The van der Waals surface area contributed by atoms with Crippen molar-refractivity contribution in [3.63, 3.8) is 0 Å². The molecule has 0 aromatic rings. The highest BCUT2D eigenvalue weighted by molar-refractivity contribution is 7.89. The van der Waals surface area contributed by atoms with Gasteiger partial charge in [-0.3, -0.25) is 9.59 Å². The Morgan fingerprint density at radius 1 is 0.952 bits per heavy atom. The number of sulfonamides is 1. The molecule has 0 unspecified atom stereocenters. The van der Waals surface area contributed by atoms with Gasteiger partial charge in [0.05, 0.1) is 12.0 Å². The summed E-state index contributed by atoms with van der Waals surface area (Å²) in [7, 11) is -3.84. The predicted molar refractivity (Wildman–Crippen MR) is 79.6 cm³/mol. The third kappa shape index (κ3) is 2.85. The maximum absolute atomic E-state index is 12.2. The fraction of sp³-hybridized carbons (Fsp3) is 0.467. The lowest BCUT2D eigenvalue weighted by molar-refractivity contribution is -0.136. The lowest BCUT2D eigenvalue weighted by Crippen LogP contribution is -2.32. The Bertz CT molecular complexity index is 721. The van der Waals surface area contributed by atoms with Crippen molar-refractivity contribution in [2.45, 2.75) is 27.7 Å². The van der Waals surface area contributed by atoms with Gasteiger partial charge in [-0.15, -0.1) is 0 Å². The fourth-order valence-electron chi connectivity index (χ4n) is 2.40. The molecule has 2 aliphatic rings. The van der Waals surface area contributed by atoms with E-state index in [1.807, 2.05) is 39.8 Å². The summed E-state index contributed by atoms with van der Waals surface area (Å²) in [6.07, 6.45) is 8.12. The van der Waals surface area contributed by atoms with Gasteiger partial charge in [-0.25, -0.2) is 8.42 Å². The molecule has 114 valence electrons. The first-order valence-electron chi connectivity index (χ1n) is 6.60. The number of Topliss-reactive ketones (excluding diaryl/α,β-unsaturated/α-hetero) is 1. The highest BCUT2D eigenvalue weighted by atomic mass is 32.2. The van der Waals surface area contributed by atoms with Gasteiger partial charge in [0.15, 0.2) is 0 Å². The minimum absolute atomic E-state index is 0.160. The number of carbonyl (C=O) groups is 2. The largest absolute Gasteiger partial charge is 0.313 e. The molecule has 0 aromatic carbocycles. The summed E-state index contributed by atoms with van der Waals surface area (Å²) in [5.41, 5.74) is -0.599. The van der Waals surface area contributed by atoms with Gasteiger partial charge in [0.25, 0.3) is 5.78 Å². The van der Waals surface area contributed by atoms with Crippen LogP contribution in [-0.2, 0) is 19.6 Å². The second kappa shape index (κ2) is 4.40. The smallest absolute Gasteiger partial charge is 0.283 e. The molecule has 1 saturated heterocycles. The monoisotopic (exact) mass is 309 g/mol. The van der Waals surface area contributed by atoms with Gasteiger partial charge < -0.3 is 0 Å². The van der Waals surface area contributed by atoms with E-state index >= 15 is 0 Å². The number of ketones is 1. The third-order valence-electron chi connectivity index (χ3n) is 3.42. The van der Waals surface area contributed by atoms with Crippen molar-refractivity contribution < 1.29 is 18.0 Å². The molecule has 1 heterocycles. The summed E-state index contributed by atoms with van der Waals surface area (Å²) < 4.78 is 24.4. The zero-order chi connectivity index (χ0) is 16.2. The van der Waals surface area contributed by atoms with Gasteiger partial charge in [0.2, 0.25) is 10.0 Å². The van der Waals surface area contributed by atoms with Crippen LogP contribution in [0.5, 0.6) is 0 Å². The molecule has 1 aliphatic carbocycles. The van der Waals surface area contributed by atoms with E-state index < -0.39 is 32.5 Å². The summed E-state index contributed by atoms with van der Waals surface area (Å²) in [4.78, 5) is 24.2. The van der Waals surface area contributed by atoms with Crippen molar-refractivity contribution >= 4 is 21.7 Å². The second-order valence-electron chi connectivity index (χ2n) is 6.73. The molecule has 0 N–H and O–H groups in total. The zero-order valence-corrected chi connectivity index (χ0v) is 13.6. The van der Waals surface area contributed by atoms with Crippen LogP contribution in [0, 0.1) is 10.8 Å². The Morgan fingerprint density at radius 2 is 1.43 bits per heavy atom. The number of hydrogen-bond acceptors (Lipinski definition) is 4. The second-order valence-corrected chi connectivity index (χ2v) is 8.56. The minimum atomic E-state index is -3.84. The number of hydrogen-bond donors (Lipinski definition) is 0. The van der Waals surface area contributed by atoms with E-state index in [1.165, 1.54) is 0 Å². The number of allylic oxidation sites excluding steroid dienone is 5. The van der Waals surface area contributed by atoms with Crippen LogP contribution in [0.1, 0.15) is 27.7 Å². The van der Waals surface area contributed by atoms with Crippen molar-refractivity contribution in [3.8, 4) is 0 Å². The van der Waals surface area contributed by atoms with Crippen LogP contribution in [0.3, 0.4) is 0 Å². The van der Waals surface area contributed by atoms with Crippen LogP contribution in [0.2, 0.25) is 0 Å². The molecule has 1 amide bonds. The molecule has 6 heteroatoms. The average Bonchev–Trinajstić information content (AvgIpc) is 2.49. The predicted octanol–water partition coefficient (Wildman–Crippen LogP) is 1.79. The van der Waals surface area contributed by atoms with Gasteiger partial charge in [0.1, 0.15) is 0 Å². The van der Waals surface area contributed by atoms with E-state index in [2.05, 4.69) is 0 Å². The van der Waals surface area contributed by atoms with Gasteiger partial charge in [-0.1, -0.05) is 45.9 Å². The van der Waals surface area contributed by atoms with Crippen LogP contribution in [-0.4, -0.2) is 30.7 Å². The highest BCUT2D eigenvalue weighted by Crippen LogP contribution is 2.38. The first kappa shape index (κ1) is 15.7. The molecule has 0 aromatic heterocycles. The van der Waals surface area contributed by atoms with E-state index in [-0.39, 0.29) is 11.3 Å². The van der Waals surface area contributed by atoms with Crippen LogP contribution < -0.4 is 0 Å². The Hall–Kier alpha value is -1.69. The Kier molecular flexibility index (Phi) is 3.29. The Balaban J connectivity index is 2.80. The summed E-state index contributed by atoms with van der Waals surface area (Å²) in [5, 5.41) is 0. The van der Waals surface area contributed by atoms with E-state index in [0.717, 1.165) is 6.26 Å². The molecule has 5 nitrogen and oxygen atoms in total. The number of carbonyl (C=O) groups excluding carboxylic acids is 2. The van der Waals surface area contributed by atoms with Crippen molar-refractivity contribution in [3.05, 3.63) is 35.6 Å². The van der Waals surface area contributed by atoms with Crippen LogP contribution in [0.4, 0.5) is 0 Å². The normalized spacial score (nSPS) is 30.6. The molecule has 1 aliphatic heterocycles. The molecule has 21 heavy (non-hydrogen) atoms. The topological polar surface area (TPSA) is 71.5 Å². The van der Waals surface area contributed by atoms with Crippen molar-refractivity contribution in [2.75, 3.05) is 6.26 Å². The van der Waals surface area contributed by atoms with Gasteiger partial charge in [-0.05, 0) is 6.08 Å². The van der Waals surface area contributed by atoms with Crippen LogP contribution in [0.15, 0.2) is 35.6 Å². The first-order valence-corrected chi connectivity index (χ1v) is 8.44. The van der Waals surface area contributed by atoms with Crippen LogP contribution >= 0.6 is 0 Å². The molecule has 0 radical (unpaired) electrons. The highest BCUT2D eigenvalue weighted by Gasteiger charge is 2.45. The van der Waals surface area contributed by atoms with Crippen molar-refractivity contribution in [1.29, 1.82) is 0 Å². The maximum Gasteiger partial charge on any atom is 0.313 e. The van der Waals surface area contributed by atoms with Gasteiger partial charge >= 0.3 is 5.91 Å². The van der Waals surface area contributed by atoms with E-state index in [4.69, 9.17) is 0 Å². The van der Waals surface area contributed by atoms with E-state index in [0.29, 0.717) is 4.31 Å². The Labute approximate surface area is 125 Å². The number of amides is 1. The Morgan fingerprint density at radius 3 is 1.90 bits per heavy atom. The molecule has 2 rings (SSSR count). The SMILES string of the molecule is CC1(C)/C=C\C(C)(C)/C=C2\C(=C/1)C(=O)C(=O)N2S(C)(=O)=O. The van der Waals surface area contributed by atoms with Crippen LogP contribution in [0.25, 0.3) is 0 Å². The van der Waals surface area contributed by atoms with Crippen molar-refractivity contribution in [1.82, 2.24) is 4.31 Å². The first-order chi connectivity index (χ1) is 9.34. The summed E-state index contributed by atoms with van der Waals surface area (Å²) >= 11 is 0. The molecule has 1 fully saturated rings. The van der Waals surface area contributed by atoms with Crippen molar-refractivity contribution in [2.24, 2.45) is 10.8 Å². The zero-order valence-electron chi connectivity index (χ0n) is 12.8. The molecular formula is C15H19NO4S. The summed E-state index contributed by atoms with van der Waals surface area (Å²) in [6, 6.07) is 0. The molecular weight excluding hydrogens is 290 g/mol. The van der Waals surface area contributed by atoms with Gasteiger partial charge in [0, 0.05) is 16.4 Å². The molecule has 0 saturated carbocycles. The number of nitrogens with zero attached hydrogens (tertiary/aromatic N) is 1. The quantitative estimate of drug-likeness (QED) is 0.547. The lowest BCUT2D eigenvalue weighted by Gasteiger charge is -2.26. The number of fused-ring (bicyclic) bond motifs is 1. The van der Waals surface area contributed by atoms with E-state index in [1.54, 1.807) is 12.2 Å². The molecule has 0 spiro atoms. The summed E-state index contributed by atoms with van der Waals surface area (Å²) in [5.74, 6) is -1.78. The minimum Gasteiger partial charge on any atom is -0.283 e. The van der Waals surface area contributed by atoms with Gasteiger partial charge in [-0.2, -0.15) is 4.31 Å². The molecule has 0 atom stereocenters. The maximum atomic E-state index is 12.2. The standard InChI is InChI=1S/C15H19NO4S/c1-14(2)6-7-15(3,4)9-11-10(8-14)12(17)13(18)16(11)21(5,19)20/h6-9H,1-5H3/b7-6-,10-8+,11-9+. The summed E-state index contributed by atoms with van der Waals surface area (Å²) in [6.45, 7) is 7.58. The van der Waals surface area contributed by atoms with E-state index in [9.17, 15) is 18.0 Å². The average molecular weight is 309 g/mol.